The number of urea groups is 1. The highest BCUT2D eigenvalue weighted by atomic mass is 32.2. The molecule has 7 nitrogen and oxygen atoms in total. The van der Waals surface area contributed by atoms with Gasteiger partial charge in [-0.1, -0.05) is 30.3 Å². The first-order valence-corrected chi connectivity index (χ1v) is 8.18. The van der Waals surface area contributed by atoms with Gasteiger partial charge in [0.05, 0.1) is 0 Å². The molecule has 1 aliphatic heterocycles. The highest BCUT2D eigenvalue weighted by Crippen LogP contribution is 2.11. The third-order valence-corrected chi connectivity index (χ3v) is 4.26. The lowest BCUT2D eigenvalue weighted by molar-refractivity contribution is -0.143. The van der Waals surface area contributed by atoms with Crippen LogP contribution in [0.1, 0.15) is 5.56 Å². The van der Waals surface area contributed by atoms with Crippen molar-refractivity contribution in [3.63, 3.8) is 0 Å². The second-order valence-corrected chi connectivity index (χ2v) is 6.03. The molecule has 0 atom stereocenters. The average Bonchev–Trinajstić information content (AvgIpc) is 2.73. The smallest absolute Gasteiger partial charge is 0.334 e. The van der Waals surface area contributed by atoms with Crippen molar-refractivity contribution in [1.82, 2.24) is 15.1 Å². The van der Waals surface area contributed by atoms with E-state index in [-0.39, 0.29) is 0 Å². The van der Waals surface area contributed by atoms with Gasteiger partial charge in [0.15, 0.2) is 0 Å². The Labute approximate surface area is 138 Å². The van der Waals surface area contributed by atoms with E-state index in [0.717, 1.165) is 5.75 Å². The van der Waals surface area contributed by atoms with Crippen molar-refractivity contribution in [3.8, 4) is 0 Å². The van der Waals surface area contributed by atoms with Gasteiger partial charge in [-0.05, 0) is 5.56 Å². The van der Waals surface area contributed by atoms with E-state index in [2.05, 4.69) is 5.32 Å². The first-order chi connectivity index (χ1) is 11.0. The summed E-state index contributed by atoms with van der Waals surface area (Å²) >= 11 is 1.67. The van der Waals surface area contributed by atoms with Crippen LogP contribution in [0.3, 0.4) is 0 Å². The third-order valence-electron chi connectivity index (χ3n) is 3.23. The second-order valence-electron chi connectivity index (χ2n) is 4.93. The van der Waals surface area contributed by atoms with Gasteiger partial charge in [0.1, 0.15) is 6.54 Å². The lowest BCUT2D eigenvalue weighted by Gasteiger charge is -2.12. The quantitative estimate of drug-likeness (QED) is 0.444. The van der Waals surface area contributed by atoms with Crippen LogP contribution in [0.4, 0.5) is 4.79 Å². The molecule has 122 valence electrons. The van der Waals surface area contributed by atoms with E-state index in [1.165, 1.54) is 12.6 Å². The first-order valence-electron chi connectivity index (χ1n) is 7.02. The van der Waals surface area contributed by atoms with E-state index >= 15 is 0 Å². The zero-order valence-electron chi connectivity index (χ0n) is 12.7. The fraction of sp³-hybridized carbons (Fsp3) is 0.333. The van der Waals surface area contributed by atoms with Crippen molar-refractivity contribution in [2.24, 2.45) is 0 Å². The Morgan fingerprint density at radius 1 is 1.13 bits per heavy atom. The fourth-order valence-electron chi connectivity index (χ4n) is 1.98. The monoisotopic (exact) mass is 335 g/mol. The number of likely N-dealkylation sites (N-methyl/N-ethyl adjacent to an activating group) is 1. The van der Waals surface area contributed by atoms with Gasteiger partial charge in [-0.2, -0.15) is 11.8 Å². The van der Waals surface area contributed by atoms with Crippen molar-refractivity contribution in [3.05, 3.63) is 35.9 Å². The molecule has 0 bridgehead atoms. The minimum absolute atomic E-state index is 0.427. The summed E-state index contributed by atoms with van der Waals surface area (Å²) in [7, 11) is 1.21. The molecule has 2 rings (SSSR count). The predicted molar refractivity (Wildman–Crippen MR) is 85.5 cm³/mol. The van der Waals surface area contributed by atoms with Crippen LogP contribution < -0.4 is 5.32 Å². The van der Waals surface area contributed by atoms with E-state index < -0.39 is 30.3 Å². The Kier molecular flexibility index (Phi) is 5.75. The van der Waals surface area contributed by atoms with Gasteiger partial charge < -0.3 is 5.32 Å². The topological polar surface area (TPSA) is 86.8 Å². The molecule has 5 amide bonds. The second kappa shape index (κ2) is 7.77. The zero-order chi connectivity index (χ0) is 16.8. The van der Waals surface area contributed by atoms with Gasteiger partial charge in [0.25, 0.3) is 0 Å². The molecule has 0 aliphatic carbocycles. The van der Waals surface area contributed by atoms with Gasteiger partial charge in [0.2, 0.25) is 5.91 Å². The van der Waals surface area contributed by atoms with Crippen molar-refractivity contribution >= 4 is 35.5 Å². The summed E-state index contributed by atoms with van der Waals surface area (Å²) in [5.41, 5.74) is 1.21. The number of amides is 5. The molecular weight excluding hydrogens is 318 g/mol. The van der Waals surface area contributed by atoms with Crippen molar-refractivity contribution in [2.45, 2.75) is 5.75 Å². The SMILES string of the molecule is CN1C(=O)C(=O)N(CC(=O)NCCSCc2ccccc2)C1=O. The Morgan fingerprint density at radius 3 is 2.43 bits per heavy atom. The van der Waals surface area contributed by atoms with E-state index in [0.29, 0.717) is 22.1 Å². The molecule has 8 heteroatoms. The summed E-state index contributed by atoms with van der Waals surface area (Å²) < 4.78 is 0. The Balaban J connectivity index is 1.67. The molecule has 1 aromatic rings. The van der Waals surface area contributed by atoms with Gasteiger partial charge >= 0.3 is 17.8 Å². The van der Waals surface area contributed by atoms with Gasteiger partial charge in [-0.3, -0.25) is 19.3 Å². The maximum absolute atomic E-state index is 11.7. The molecule has 1 aromatic carbocycles. The minimum atomic E-state index is -0.967. The molecule has 0 saturated carbocycles. The van der Waals surface area contributed by atoms with Crippen LogP contribution in [0.25, 0.3) is 0 Å². The number of thioether (sulfide) groups is 1. The summed E-state index contributed by atoms with van der Waals surface area (Å²) in [6.07, 6.45) is 0. The lowest BCUT2D eigenvalue weighted by atomic mass is 10.2. The number of carbonyl (C=O) groups is 4. The van der Waals surface area contributed by atoms with E-state index in [1.807, 2.05) is 30.3 Å². The van der Waals surface area contributed by atoms with E-state index in [4.69, 9.17) is 0 Å². The normalized spacial score (nSPS) is 14.6. The number of nitrogens with one attached hydrogen (secondary N) is 1. The fourth-order valence-corrected chi connectivity index (χ4v) is 2.80. The van der Waals surface area contributed by atoms with Crippen LogP contribution in [0, 0.1) is 0 Å². The van der Waals surface area contributed by atoms with E-state index in [9.17, 15) is 19.2 Å². The van der Waals surface area contributed by atoms with Gasteiger partial charge in [-0.25, -0.2) is 9.69 Å². The number of hydrogen-bond acceptors (Lipinski definition) is 5. The van der Waals surface area contributed by atoms with Crippen LogP contribution in [0.2, 0.25) is 0 Å². The van der Waals surface area contributed by atoms with Crippen LogP contribution in [0.15, 0.2) is 30.3 Å². The maximum atomic E-state index is 11.7. The Bertz CT molecular complexity index is 620. The third kappa shape index (κ3) is 4.32. The summed E-state index contributed by atoms with van der Waals surface area (Å²) in [5, 5.41) is 2.63. The molecular formula is C15H17N3O4S. The molecule has 1 heterocycles. The van der Waals surface area contributed by atoms with Crippen LogP contribution in [-0.4, -0.2) is 59.4 Å². The summed E-state index contributed by atoms with van der Waals surface area (Å²) in [6, 6.07) is 9.19. The minimum Gasteiger partial charge on any atom is -0.354 e. The van der Waals surface area contributed by atoms with Crippen molar-refractivity contribution in [2.75, 3.05) is 25.9 Å². The number of rotatable bonds is 7. The average molecular weight is 335 g/mol. The number of hydrogen-bond donors (Lipinski definition) is 1. The van der Waals surface area contributed by atoms with Gasteiger partial charge in [0, 0.05) is 25.1 Å². The van der Waals surface area contributed by atoms with Crippen molar-refractivity contribution < 1.29 is 19.2 Å². The van der Waals surface area contributed by atoms with E-state index in [1.54, 1.807) is 11.8 Å². The largest absolute Gasteiger partial charge is 0.354 e. The highest BCUT2D eigenvalue weighted by molar-refractivity contribution is 7.98. The zero-order valence-corrected chi connectivity index (χ0v) is 13.5. The summed E-state index contributed by atoms with van der Waals surface area (Å²) in [5.74, 6) is -0.789. The Hall–Kier alpha value is -2.35. The summed E-state index contributed by atoms with van der Waals surface area (Å²) in [6.45, 7) is -0.00651. The van der Waals surface area contributed by atoms with Gasteiger partial charge in [-0.15, -0.1) is 0 Å². The van der Waals surface area contributed by atoms with Crippen molar-refractivity contribution in [1.29, 1.82) is 0 Å². The Morgan fingerprint density at radius 2 is 1.83 bits per heavy atom. The molecule has 0 unspecified atom stereocenters. The summed E-state index contributed by atoms with van der Waals surface area (Å²) in [4.78, 5) is 47.6. The number of carbonyl (C=O) groups excluding carboxylic acids is 4. The highest BCUT2D eigenvalue weighted by Gasteiger charge is 2.42. The predicted octanol–water partition coefficient (Wildman–Crippen LogP) is 0.457. The molecule has 23 heavy (non-hydrogen) atoms. The van der Waals surface area contributed by atoms with Crippen LogP contribution >= 0.6 is 11.8 Å². The molecule has 1 fully saturated rings. The first kappa shape index (κ1) is 17.0. The maximum Gasteiger partial charge on any atom is 0.334 e. The number of imide groups is 2. The molecule has 0 radical (unpaired) electrons. The molecule has 0 aromatic heterocycles. The van der Waals surface area contributed by atoms with Crippen LogP contribution in [-0.2, 0) is 20.1 Å². The molecule has 1 N–H and O–H groups in total. The molecule has 1 saturated heterocycles. The number of nitrogens with zero attached hydrogens (tertiary/aromatic N) is 2. The standard InChI is InChI=1S/C15H17N3O4S/c1-17-13(20)14(21)18(15(17)22)9-12(19)16-7-8-23-10-11-5-3-2-4-6-11/h2-6H,7-10H2,1H3,(H,16,19). The number of benzene rings is 1. The lowest BCUT2D eigenvalue weighted by Crippen LogP contribution is -2.41. The molecule has 1 aliphatic rings. The van der Waals surface area contributed by atoms with Crippen LogP contribution in [0.5, 0.6) is 0 Å². The molecule has 0 spiro atoms.